The Balaban J connectivity index is 2.01. The number of para-hydroxylation sites is 1. The van der Waals surface area contributed by atoms with Gasteiger partial charge in [-0.1, -0.05) is 12.1 Å². The molecule has 0 aliphatic rings. The second-order valence-corrected chi connectivity index (χ2v) is 4.79. The van der Waals surface area contributed by atoms with Gasteiger partial charge < -0.3 is 15.4 Å². The number of anilines is 2. The van der Waals surface area contributed by atoms with Crippen molar-refractivity contribution in [2.24, 2.45) is 0 Å². The van der Waals surface area contributed by atoms with Crippen LogP contribution in [0.5, 0.6) is 0 Å². The van der Waals surface area contributed by atoms with Crippen molar-refractivity contribution in [3.63, 3.8) is 0 Å². The van der Waals surface area contributed by atoms with Crippen molar-refractivity contribution < 1.29 is 23.1 Å². The molecule has 2 aromatic carbocycles. The Kier molecular flexibility index (Phi) is 5.83. The van der Waals surface area contributed by atoms with E-state index >= 15 is 0 Å². The third-order valence-electron chi connectivity index (χ3n) is 3.07. The predicted octanol–water partition coefficient (Wildman–Crippen LogP) is 3.19. The van der Waals surface area contributed by atoms with E-state index < -0.39 is 23.5 Å². The number of carbonyl (C=O) groups is 2. The number of halogens is 2. The summed E-state index contributed by atoms with van der Waals surface area (Å²) in [5.74, 6) is -2.54. The fourth-order valence-electron chi connectivity index (χ4n) is 1.98. The lowest BCUT2D eigenvalue weighted by Gasteiger charge is -2.11. The molecule has 0 aromatic heterocycles. The summed E-state index contributed by atoms with van der Waals surface area (Å²) in [6, 6.07) is 9.39. The van der Waals surface area contributed by atoms with Crippen LogP contribution in [-0.4, -0.2) is 25.0 Å². The summed E-state index contributed by atoms with van der Waals surface area (Å²) < 4.78 is 31.2. The monoisotopic (exact) mass is 334 g/mol. The standard InChI is InChI=1S/C17H16F2N2O3/c1-2-24-17(23)12-5-3-4-6-14(12)21-16(22)10-20-15-8-7-11(18)9-13(15)19/h3-9,20H,2,10H2,1H3,(H,21,22). The van der Waals surface area contributed by atoms with Gasteiger partial charge in [0.25, 0.3) is 0 Å². The van der Waals surface area contributed by atoms with E-state index in [2.05, 4.69) is 10.6 Å². The molecule has 0 radical (unpaired) electrons. The summed E-state index contributed by atoms with van der Waals surface area (Å²) in [7, 11) is 0. The summed E-state index contributed by atoms with van der Waals surface area (Å²) >= 11 is 0. The van der Waals surface area contributed by atoms with Gasteiger partial charge in [0.1, 0.15) is 11.6 Å². The van der Waals surface area contributed by atoms with Gasteiger partial charge in [0.2, 0.25) is 5.91 Å². The van der Waals surface area contributed by atoms with Crippen molar-refractivity contribution in [3.8, 4) is 0 Å². The maximum Gasteiger partial charge on any atom is 0.340 e. The summed E-state index contributed by atoms with van der Waals surface area (Å²) in [6.07, 6.45) is 0. The van der Waals surface area contributed by atoms with E-state index in [9.17, 15) is 18.4 Å². The SMILES string of the molecule is CCOC(=O)c1ccccc1NC(=O)CNc1ccc(F)cc1F. The van der Waals surface area contributed by atoms with E-state index in [0.29, 0.717) is 5.69 Å². The highest BCUT2D eigenvalue weighted by Gasteiger charge is 2.14. The molecule has 7 heteroatoms. The molecule has 0 unspecified atom stereocenters. The smallest absolute Gasteiger partial charge is 0.340 e. The number of hydrogen-bond donors (Lipinski definition) is 2. The van der Waals surface area contributed by atoms with E-state index in [-0.39, 0.29) is 24.4 Å². The average Bonchev–Trinajstić information content (AvgIpc) is 2.54. The van der Waals surface area contributed by atoms with Crippen LogP contribution in [0.25, 0.3) is 0 Å². The molecule has 5 nitrogen and oxygen atoms in total. The molecule has 2 aromatic rings. The normalized spacial score (nSPS) is 10.1. The first-order valence-electron chi connectivity index (χ1n) is 7.26. The van der Waals surface area contributed by atoms with Gasteiger partial charge >= 0.3 is 5.97 Å². The molecule has 1 amide bonds. The van der Waals surface area contributed by atoms with E-state index in [4.69, 9.17) is 4.74 Å². The van der Waals surface area contributed by atoms with Crippen molar-refractivity contribution in [3.05, 3.63) is 59.7 Å². The lowest BCUT2D eigenvalue weighted by Crippen LogP contribution is -2.23. The number of benzene rings is 2. The molecule has 24 heavy (non-hydrogen) atoms. The van der Waals surface area contributed by atoms with E-state index in [1.165, 1.54) is 12.1 Å². The minimum absolute atomic E-state index is 0.00484. The van der Waals surface area contributed by atoms with Gasteiger partial charge in [-0.3, -0.25) is 4.79 Å². The Hall–Kier alpha value is -2.96. The Labute approximate surface area is 137 Å². The van der Waals surface area contributed by atoms with E-state index in [1.54, 1.807) is 25.1 Å². The molecule has 126 valence electrons. The van der Waals surface area contributed by atoms with Crippen molar-refractivity contribution in [1.29, 1.82) is 0 Å². The van der Waals surface area contributed by atoms with Crippen LogP contribution in [0.4, 0.5) is 20.2 Å². The summed E-state index contributed by atoms with van der Waals surface area (Å²) in [5.41, 5.74) is 0.521. The second-order valence-electron chi connectivity index (χ2n) is 4.79. The Morgan fingerprint density at radius 1 is 1.08 bits per heavy atom. The summed E-state index contributed by atoms with van der Waals surface area (Å²) in [4.78, 5) is 23.8. The maximum absolute atomic E-state index is 13.5. The van der Waals surface area contributed by atoms with Crippen molar-refractivity contribution in [1.82, 2.24) is 0 Å². The van der Waals surface area contributed by atoms with Crippen LogP contribution in [0.15, 0.2) is 42.5 Å². The average molecular weight is 334 g/mol. The second kappa shape index (κ2) is 8.05. The van der Waals surface area contributed by atoms with Gasteiger partial charge in [0, 0.05) is 6.07 Å². The van der Waals surface area contributed by atoms with Gasteiger partial charge in [0.05, 0.1) is 30.1 Å². The zero-order valence-electron chi connectivity index (χ0n) is 12.9. The molecule has 0 bridgehead atoms. The fraction of sp³-hybridized carbons (Fsp3) is 0.176. The molecule has 0 spiro atoms. The highest BCUT2D eigenvalue weighted by Crippen LogP contribution is 2.17. The predicted molar refractivity (Wildman–Crippen MR) is 85.9 cm³/mol. The van der Waals surface area contributed by atoms with Crippen LogP contribution >= 0.6 is 0 Å². The summed E-state index contributed by atoms with van der Waals surface area (Å²) in [6.45, 7) is 1.65. The molecule has 0 aliphatic heterocycles. The van der Waals surface area contributed by atoms with Crippen LogP contribution in [0.3, 0.4) is 0 Å². The molecular weight excluding hydrogens is 318 g/mol. The maximum atomic E-state index is 13.5. The molecule has 0 saturated heterocycles. The van der Waals surface area contributed by atoms with Crippen molar-refractivity contribution >= 4 is 23.3 Å². The number of rotatable bonds is 6. The lowest BCUT2D eigenvalue weighted by atomic mass is 10.2. The number of hydrogen-bond acceptors (Lipinski definition) is 4. The fourth-order valence-corrected chi connectivity index (χ4v) is 1.98. The molecule has 0 saturated carbocycles. The topological polar surface area (TPSA) is 67.4 Å². The number of carbonyl (C=O) groups excluding carboxylic acids is 2. The molecule has 2 rings (SSSR count). The quantitative estimate of drug-likeness (QED) is 0.796. The largest absolute Gasteiger partial charge is 0.462 e. The molecule has 2 N–H and O–H groups in total. The molecule has 0 heterocycles. The first kappa shape index (κ1) is 17.4. The van der Waals surface area contributed by atoms with Crippen molar-refractivity contribution in [2.75, 3.05) is 23.8 Å². The van der Waals surface area contributed by atoms with Gasteiger partial charge in [0.15, 0.2) is 0 Å². The van der Waals surface area contributed by atoms with Crippen LogP contribution in [0.2, 0.25) is 0 Å². The molecule has 0 fully saturated rings. The lowest BCUT2D eigenvalue weighted by molar-refractivity contribution is -0.114. The van der Waals surface area contributed by atoms with Gasteiger partial charge in [-0.15, -0.1) is 0 Å². The van der Waals surface area contributed by atoms with Gasteiger partial charge in [-0.2, -0.15) is 0 Å². The summed E-state index contributed by atoms with van der Waals surface area (Å²) in [5, 5.41) is 5.12. The Bertz CT molecular complexity index is 750. The highest BCUT2D eigenvalue weighted by molar-refractivity contribution is 6.02. The zero-order valence-corrected chi connectivity index (χ0v) is 12.9. The third-order valence-corrected chi connectivity index (χ3v) is 3.07. The minimum Gasteiger partial charge on any atom is -0.462 e. The Morgan fingerprint density at radius 2 is 1.83 bits per heavy atom. The van der Waals surface area contributed by atoms with E-state index in [0.717, 1.165) is 12.1 Å². The van der Waals surface area contributed by atoms with Crippen molar-refractivity contribution in [2.45, 2.75) is 6.92 Å². The molecular formula is C17H16F2N2O3. The minimum atomic E-state index is -0.797. The Morgan fingerprint density at radius 3 is 2.54 bits per heavy atom. The van der Waals surface area contributed by atoms with Gasteiger partial charge in [-0.25, -0.2) is 13.6 Å². The zero-order chi connectivity index (χ0) is 17.5. The van der Waals surface area contributed by atoms with E-state index in [1.807, 2.05) is 0 Å². The third kappa shape index (κ3) is 4.52. The first-order valence-corrected chi connectivity index (χ1v) is 7.26. The highest BCUT2D eigenvalue weighted by atomic mass is 19.1. The van der Waals surface area contributed by atoms with Crippen LogP contribution in [0, 0.1) is 11.6 Å². The van der Waals surface area contributed by atoms with Crippen LogP contribution < -0.4 is 10.6 Å². The van der Waals surface area contributed by atoms with Gasteiger partial charge in [-0.05, 0) is 31.2 Å². The van der Waals surface area contributed by atoms with Crippen LogP contribution in [0.1, 0.15) is 17.3 Å². The number of esters is 1. The molecule has 0 aliphatic carbocycles. The molecule has 0 atom stereocenters. The number of ether oxygens (including phenoxy) is 1. The first-order chi connectivity index (χ1) is 11.5. The number of amides is 1. The number of nitrogens with one attached hydrogen (secondary N) is 2. The van der Waals surface area contributed by atoms with Crippen LogP contribution in [-0.2, 0) is 9.53 Å².